The third kappa shape index (κ3) is 4.23. The standard InChI is InChI=1S/C16H19FN6O/c1-10(11-5-2-3-6-13(11)17)21-16(24)20-8-4-7-14-12(9-18)15(19)23-22-14/h2-3,5-6,10H,4,7-8H2,1H3,(H3,19,22,23)(H2,20,21,24)/t10-/m1/s1. The fourth-order valence-electron chi connectivity index (χ4n) is 2.32. The topological polar surface area (TPSA) is 120 Å². The van der Waals surface area contributed by atoms with E-state index in [0.717, 1.165) is 0 Å². The summed E-state index contributed by atoms with van der Waals surface area (Å²) in [4.78, 5) is 11.8. The van der Waals surface area contributed by atoms with E-state index in [-0.39, 0.29) is 17.7 Å². The number of nitrogen functional groups attached to an aromatic ring is 1. The minimum atomic E-state index is -0.441. The van der Waals surface area contributed by atoms with Crippen LogP contribution in [0.15, 0.2) is 24.3 Å². The Morgan fingerprint density at radius 1 is 1.50 bits per heavy atom. The SMILES string of the molecule is C[C@@H](NC(=O)NCCCc1[nH]nc(N)c1C#N)c1ccccc1F. The molecular formula is C16H19FN6O. The zero-order valence-corrected chi connectivity index (χ0v) is 13.3. The molecule has 126 valence electrons. The van der Waals surface area contributed by atoms with E-state index in [4.69, 9.17) is 11.0 Å². The molecule has 0 aliphatic heterocycles. The molecule has 7 nitrogen and oxygen atoms in total. The minimum Gasteiger partial charge on any atom is -0.381 e. The largest absolute Gasteiger partial charge is 0.381 e. The number of aryl methyl sites for hydroxylation is 1. The number of hydrogen-bond acceptors (Lipinski definition) is 4. The van der Waals surface area contributed by atoms with Crippen LogP contribution in [-0.4, -0.2) is 22.8 Å². The fraction of sp³-hybridized carbons (Fsp3) is 0.312. The third-order valence-corrected chi connectivity index (χ3v) is 3.59. The van der Waals surface area contributed by atoms with Crippen LogP contribution in [0.2, 0.25) is 0 Å². The van der Waals surface area contributed by atoms with Crippen LogP contribution in [0.25, 0.3) is 0 Å². The quantitative estimate of drug-likeness (QED) is 0.605. The summed E-state index contributed by atoms with van der Waals surface area (Å²) in [7, 11) is 0. The van der Waals surface area contributed by atoms with Gasteiger partial charge in [0.25, 0.3) is 0 Å². The summed E-state index contributed by atoms with van der Waals surface area (Å²) in [6.45, 7) is 2.12. The molecule has 8 heteroatoms. The van der Waals surface area contributed by atoms with Crippen LogP contribution in [0, 0.1) is 17.1 Å². The van der Waals surface area contributed by atoms with Crippen LogP contribution in [-0.2, 0) is 6.42 Å². The highest BCUT2D eigenvalue weighted by Gasteiger charge is 2.13. The number of aromatic amines is 1. The number of rotatable bonds is 6. The van der Waals surface area contributed by atoms with E-state index in [0.29, 0.717) is 36.2 Å². The van der Waals surface area contributed by atoms with Gasteiger partial charge in [-0.1, -0.05) is 18.2 Å². The zero-order chi connectivity index (χ0) is 17.5. The van der Waals surface area contributed by atoms with Gasteiger partial charge in [0.2, 0.25) is 0 Å². The van der Waals surface area contributed by atoms with Crippen LogP contribution in [0.1, 0.15) is 36.2 Å². The predicted octanol–water partition coefficient (Wildman–Crippen LogP) is 2.00. The second-order valence-electron chi connectivity index (χ2n) is 5.32. The van der Waals surface area contributed by atoms with E-state index in [1.54, 1.807) is 25.1 Å². The first-order chi connectivity index (χ1) is 11.5. The first kappa shape index (κ1) is 17.3. The molecule has 5 N–H and O–H groups in total. The van der Waals surface area contributed by atoms with Crippen LogP contribution < -0.4 is 16.4 Å². The summed E-state index contributed by atoms with van der Waals surface area (Å²) in [5.41, 5.74) is 6.97. The van der Waals surface area contributed by atoms with Gasteiger partial charge in [-0.3, -0.25) is 5.10 Å². The Balaban J connectivity index is 1.76. The Labute approximate surface area is 139 Å². The van der Waals surface area contributed by atoms with E-state index >= 15 is 0 Å². The minimum absolute atomic E-state index is 0.178. The lowest BCUT2D eigenvalue weighted by Crippen LogP contribution is -2.37. The summed E-state index contributed by atoms with van der Waals surface area (Å²) in [5, 5.41) is 20.8. The van der Waals surface area contributed by atoms with Gasteiger partial charge in [0.1, 0.15) is 17.4 Å². The molecule has 0 aliphatic carbocycles. The number of carbonyl (C=O) groups excluding carboxylic acids is 1. The highest BCUT2D eigenvalue weighted by molar-refractivity contribution is 5.74. The Bertz CT molecular complexity index is 751. The monoisotopic (exact) mass is 330 g/mol. The molecule has 0 aliphatic rings. The van der Waals surface area contributed by atoms with E-state index < -0.39 is 6.04 Å². The number of nitrogens with zero attached hydrogens (tertiary/aromatic N) is 2. The lowest BCUT2D eigenvalue weighted by molar-refractivity contribution is 0.237. The van der Waals surface area contributed by atoms with Crippen molar-refractivity contribution in [3.63, 3.8) is 0 Å². The van der Waals surface area contributed by atoms with Crippen molar-refractivity contribution in [2.24, 2.45) is 0 Å². The van der Waals surface area contributed by atoms with E-state index in [9.17, 15) is 9.18 Å². The lowest BCUT2D eigenvalue weighted by Gasteiger charge is -2.15. The molecule has 0 unspecified atom stereocenters. The van der Waals surface area contributed by atoms with Crippen LogP contribution >= 0.6 is 0 Å². The van der Waals surface area contributed by atoms with Crippen molar-refractivity contribution < 1.29 is 9.18 Å². The van der Waals surface area contributed by atoms with Gasteiger partial charge in [0.15, 0.2) is 5.82 Å². The predicted molar refractivity (Wildman–Crippen MR) is 87.4 cm³/mol. The number of nitriles is 1. The van der Waals surface area contributed by atoms with Gasteiger partial charge in [-0.25, -0.2) is 9.18 Å². The molecular weight excluding hydrogens is 311 g/mol. The van der Waals surface area contributed by atoms with Crippen molar-refractivity contribution in [3.05, 3.63) is 46.9 Å². The summed E-state index contributed by atoms with van der Waals surface area (Å²) >= 11 is 0. The molecule has 0 radical (unpaired) electrons. The van der Waals surface area contributed by atoms with Crippen LogP contribution in [0.3, 0.4) is 0 Å². The van der Waals surface area contributed by atoms with Gasteiger partial charge in [-0.05, 0) is 25.8 Å². The van der Waals surface area contributed by atoms with E-state index in [1.807, 2.05) is 6.07 Å². The summed E-state index contributed by atoms with van der Waals surface area (Å²) in [6.07, 6.45) is 1.15. The van der Waals surface area contributed by atoms with Gasteiger partial charge >= 0.3 is 6.03 Å². The molecule has 2 aromatic rings. The van der Waals surface area contributed by atoms with E-state index in [2.05, 4.69) is 20.8 Å². The molecule has 0 fully saturated rings. The average molecular weight is 330 g/mol. The average Bonchev–Trinajstić information content (AvgIpc) is 2.91. The maximum atomic E-state index is 13.6. The number of hydrogen-bond donors (Lipinski definition) is 4. The highest BCUT2D eigenvalue weighted by atomic mass is 19.1. The summed E-state index contributed by atoms with van der Waals surface area (Å²) < 4.78 is 13.6. The number of halogens is 1. The molecule has 0 spiro atoms. The molecule has 1 heterocycles. The summed E-state index contributed by atoms with van der Waals surface area (Å²) in [6, 6.07) is 7.48. The van der Waals surface area contributed by atoms with Crippen LogP contribution in [0.5, 0.6) is 0 Å². The second kappa shape index (κ2) is 7.97. The highest BCUT2D eigenvalue weighted by Crippen LogP contribution is 2.16. The number of aromatic nitrogens is 2. The lowest BCUT2D eigenvalue weighted by atomic mass is 10.1. The molecule has 2 amide bonds. The van der Waals surface area contributed by atoms with Gasteiger partial charge in [0.05, 0.1) is 11.7 Å². The fourth-order valence-corrected chi connectivity index (χ4v) is 2.32. The van der Waals surface area contributed by atoms with Crippen molar-refractivity contribution >= 4 is 11.8 Å². The van der Waals surface area contributed by atoms with Crippen molar-refractivity contribution in [3.8, 4) is 6.07 Å². The molecule has 24 heavy (non-hydrogen) atoms. The molecule has 0 bridgehead atoms. The van der Waals surface area contributed by atoms with Crippen LogP contribution in [0.4, 0.5) is 15.0 Å². The van der Waals surface area contributed by atoms with E-state index in [1.165, 1.54) is 6.07 Å². The van der Waals surface area contributed by atoms with Crippen molar-refractivity contribution in [2.45, 2.75) is 25.8 Å². The molecule has 0 saturated carbocycles. The Kier molecular flexibility index (Phi) is 5.73. The van der Waals surface area contributed by atoms with Gasteiger partial charge < -0.3 is 16.4 Å². The first-order valence-electron chi connectivity index (χ1n) is 7.54. The molecule has 1 aromatic heterocycles. The third-order valence-electron chi connectivity index (χ3n) is 3.59. The molecule has 1 aromatic carbocycles. The molecule has 0 saturated heterocycles. The zero-order valence-electron chi connectivity index (χ0n) is 13.3. The number of carbonyl (C=O) groups is 1. The number of H-pyrrole nitrogens is 1. The first-order valence-corrected chi connectivity index (χ1v) is 7.54. The number of amides is 2. The van der Waals surface area contributed by atoms with Crippen molar-refractivity contribution in [1.29, 1.82) is 5.26 Å². The van der Waals surface area contributed by atoms with Crippen molar-refractivity contribution in [2.75, 3.05) is 12.3 Å². The normalized spacial score (nSPS) is 11.5. The van der Waals surface area contributed by atoms with Gasteiger partial charge in [-0.2, -0.15) is 10.4 Å². The molecule has 2 rings (SSSR count). The Morgan fingerprint density at radius 3 is 2.96 bits per heavy atom. The second-order valence-corrected chi connectivity index (χ2v) is 5.32. The summed E-state index contributed by atoms with van der Waals surface area (Å²) in [5.74, 6) is -0.178. The number of anilines is 1. The van der Waals surface area contributed by atoms with Gasteiger partial charge in [-0.15, -0.1) is 0 Å². The Morgan fingerprint density at radius 2 is 2.25 bits per heavy atom. The number of benzene rings is 1. The number of urea groups is 1. The number of nitrogens with one attached hydrogen (secondary N) is 3. The molecule has 1 atom stereocenters. The maximum absolute atomic E-state index is 13.6. The Hall–Kier alpha value is -3.08. The number of nitrogens with two attached hydrogens (primary N) is 1. The van der Waals surface area contributed by atoms with Gasteiger partial charge in [0, 0.05) is 12.1 Å². The maximum Gasteiger partial charge on any atom is 0.315 e. The van der Waals surface area contributed by atoms with Crippen molar-refractivity contribution in [1.82, 2.24) is 20.8 Å². The smallest absolute Gasteiger partial charge is 0.315 e.